The molecule has 3 heterocycles. The molecular formula is C17H26N4OS. The lowest BCUT2D eigenvalue weighted by atomic mass is 9.67. The molecule has 1 N–H and O–H groups in total. The summed E-state index contributed by atoms with van der Waals surface area (Å²) in [5.74, 6) is 0.977. The molecule has 2 aliphatic heterocycles. The van der Waals surface area contributed by atoms with Crippen LogP contribution in [0.5, 0.6) is 0 Å². The van der Waals surface area contributed by atoms with Crippen LogP contribution in [0.25, 0.3) is 0 Å². The number of carbonyl (C=O) groups is 1. The van der Waals surface area contributed by atoms with E-state index < -0.39 is 0 Å². The molecule has 23 heavy (non-hydrogen) atoms. The zero-order chi connectivity index (χ0) is 15.9. The van der Waals surface area contributed by atoms with Gasteiger partial charge in [0.2, 0.25) is 5.91 Å². The third-order valence-electron chi connectivity index (χ3n) is 5.91. The summed E-state index contributed by atoms with van der Waals surface area (Å²) in [6.07, 6.45) is 4.80. The number of amides is 1. The van der Waals surface area contributed by atoms with Gasteiger partial charge in [-0.1, -0.05) is 12.8 Å². The standard InChI is InChI=1S/C17H26N4OS/c1-13-11-23-16(19-13)21-8-6-20(7-9-21)15(22)17-5-3-2-4-14(17)10-18-12-17/h11,14,18H,2-10,12H2,1H3/t14-,17+/m0/s1. The van der Waals surface area contributed by atoms with Gasteiger partial charge in [0, 0.05) is 38.1 Å². The van der Waals surface area contributed by atoms with Crippen molar-refractivity contribution in [2.75, 3.05) is 44.2 Å². The Balaban J connectivity index is 1.42. The number of anilines is 1. The predicted molar refractivity (Wildman–Crippen MR) is 92.9 cm³/mol. The quantitative estimate of drug-likeness (QED) is 0.897. The maximum atomic E-state index is 13.3. The van der Waals surface area contributed by atoms with Gasteiger partial charge in [-0.25, -0.2) is 4.98 Å². The summed E-state index contributed by atoms with van der Waals surface area (Å²) in [7, 11) is 0. The predicted octanol–water partition coefficient (Wildman–Crippen LogP) is 1.88. The Labute approximate surface area is 142 Å². The fourth-order valence-electron chi connectivity index (χ4n) is 4.57. The van der Waals surface area contributed by atoms with Crippen molar-refractivity contribution in [2.45, 2.75) is 32.6 Å². The molecule has 0 radical (unpaired) electrons. The van der Waals surface area contributed by atoms with Crippen LogP contribution in [-0.4, -0.2) is 55.1 Å². The van der Waals surface area contributed by atoms with Crippen molar-refractivity contribution in [2.24, 2.45) is 11.3 Å². The molecule has 2 atom stereocenters. The zero-order valence-corrected chi connectivity index (χ0v) is 14.7. The van der Waals surface area contributed by atoms with Crippen LogP contribution in [0.1, 0.15) is 31.4 Å². The highest BCUT2D eigenvalue weighted by molar-refractivity contribution is 7.13. The van der Waals surface area contributed by atoms with Crippen molar-refractivity contribution < 1.29 is 4.79 Å². The molecular weight excluding hydrogens is 308 g/mol. The van der Waals surface area contributed by atoms with E-state index in [9.17, 15) is 4.79 Å². The number of rotatable bonds is 2. The minimum Gasteiger partial charge on any atom is -0.345 e. The van der Waals surface area contributed by atoms with E-state index in [1.165, 1.54) is 19.3 Å². The van der Waals surface area contributed by atoms with E-state index in [2.05, 4.69) is 25.5 Å². The second kappa shape index (κ2) is 6.06. The van der Waals surface area contributed by atoms with E-state index >= 15 is 0 Å². The summed E-state index contributed by atoms with van der Waals surface area (Å²) in [5.41, 5.74) is 0.988. The molecule has 3 fully saturated rings. The second-order valence-corrected chi connectivity index (χ2v) is 8.12. The molecule has 1 aromatic rings. The minimum atomic E-state index is -0.0990. The van der Waals surface area contributed by atoms with Crippen LogP contribution < -0.4 is 10.2 Å². The van der Waals surface area contributed by atoms with E-state index in [-0.39, 0.29) is 5.41 Å². The van der Waals surface area contributed by atoms with E-state index in [0.717, 1.165) is 56.5 Å². The highest BCUT2D eigenvalue weighted by Gasteiger charge is 2.51. The summed E-state index contributed by atoms with van der Waals surface area (Å²) in [4.78, 5) is 22.3. The molecule has 1 amide bonds. The SMILES string of the molecule is Cc1csc(N2CCN(C(=O)[C@@]34CCCC[C@H]3CNC4)CC2)n1. The van der Waals surface area contributed by atoms with Gasteiger partial charge in [-0.2, -0.15) is 0 Å². The van der Waals surface area contributed by atoms with Gasteiger partial charge in [0.15, 0.2) is 5.13 Å². The fraction of sp³-hybridized carbons (Fsp3) is 0.765. The number of hydrogen-bond donors (Lipinski definition) is 1. The molecule has 6 heteroatoms. The molecule has 2 saturated heterocycles. The average Bonchev–Trinajstić information content (AvgIpc) is 3.21. The maximum absolute atomic E-state index is 13.3. The average molecular weight is 334 g/mol. The molecule has 0 unspecified atom stereocenters. The number of carbonyl (C=O) groups excluding carboxylic acids is 1. The smallest absolute Gasteiger partial charge is 0.230 e. The Morgan fingerprint density at radius 1 is 1.35 bits per heavy atom. The summed E-state index contributed by atoms with van der Waals surface area (Å²) in [6, 6.07) is 0. The number of nitrogens with one attached hydrogen (secondary N) is 1. The molecule has 1 aromatic heterocycles. The molecule has 1 aliphatic carbocycles. The lowest BCUT2D eigenvalue weighted by molar-refractivity contribution is -0.145. The minimum absolute atomic E-state index is 0.0990. The fourth-order valence-corrected chi connectivity index (χ4v) is 5.43. The number of nitrogens with zero attached hydrogens (tertiary/aromatic N) is 3. The summed E-state index contributed by atoms with van der Waals surface area (Å²) >= 11 is 1.71. The molecule has 126 valence electrons. The molecule has 5 nitrogen and oxygen atoms in total. The van der Waals surface area contributed by atoms with Gasteiger partial charge < -0.3 is 15.1 Å². The number of piperazine rings is 1. The topological polar surface area (TPSA) is 48.5 Å². The number of thiazole rings is 1. The largest absolute Gasteiger partial charge is 0.345 e. The van der Waals surface area contributed by atoms with Gasteiger partial charge in [0.05, 0.1) is 11.1 Å². The van der Waals surface area contributed by atoms with E-state index in [0.29, 0.717) is 11.8 Å². The number of aromatic nitrogens is 1. The first-order valence-corrected chi connectivity index (χ1v) is 9.74. The van der Waals surface area contributed by atoms with E-state index in [1.807, 2.05) is 6.92 Å². The van der Waals surface area contributed by atoms with Crippen LogP contribution in [-0.2, 0) is 4.79 Å². The molecule has 0 bridgehead atoms. The van der Waals surface area contributed by atoms with Gasteiger partial charge in [0.25, 0.3) is 0 Å². The number of fused-ring (bicyclic) bond motifs is 1. The lowest BCUT2D eigenvalue weighted by Crippen LogP contribution is -2.56. The van der Waals surface area contributed by atoms with Gasteiger partial charge in [-0.3, -0.25) is 4.79 Å². The Kier molecular flexibility index (Phi) is 4.05. The number of hydrogen-bond acceptors (Lipinski definition) is 5. The maximum Gasteiger partial charge on any atom is 0.230 e. The third kappa shape index (κ3) is 2.66. The van der Waals surface area contributed by atoms with Crippen molar-refractivity contribution in [3.63, 3.8) is 0 Å². The molecule has 4 rings (SSSR count). The molecule has 3 aliphatic rings. The van der Waals surface area contributed by atoms with Crippen molar-refractivity contribution in [3.05, 3.63) is 11.1 Å². The first-order chi connectivity index (χ1) is 11.2. The van der Waals surface area contributed by atoms with E-state index in [4.69, 9.17) is 0 Å². The van der Waals surface area contributed by atoms with Crippen LogP contribution in [0.15, 0.2) is 5.38 Å². The normalized spacial score (nSPS) is 31.3. The molecule has 0 spiro atoms. The zero-order valence-electron chi connectivity index (χ0n) is 13.9. The second-order valence-electron chi connectivity index (χ2n) is 7.28. The van der Waals surface area contributed by atoms with Crippen LogP contribution in [0, 0.1) is 18.3 Å². The number of aryl methyl sites for hydroxylation is 1. The summed E-state index contributed by atoms with van der Waals surface area (Å²) in [5, 5.41) is 6.70. The summed E-state index contributed by atoms with van der Waals surface area (Å²) in [6.45, 7) is 7.46. The monoisotopic (exact) mass is 334 g/mol. The molecule has 1 saturated carbocycles. The highest BCUT2D eigenvalue weighted by Crippen LogP contribution is 2.45. The van der Waals surface area contributed by atoms with E-state index in [1.54, 1.807) is 11.3 Å². The van der Waals surface area contributed by atoms with Crippen molar-refractivity contribution in [3.8, 4) is 0 Å². The van der Waals surface area contributed by atoms with Gasteiger partial charge in [-0.05, 0) is 32.2 Å². The first kappa shape index (κ1) is 15.4. The van der Waals surface area contributed by atoms with Crippen molar-refractivity contribution in [1.29, 1.82) is 0 Å². The van der Waals surface area contributed by atoms with Crippen LogP contribution in [0.3, 0.4) is 0 Å². The Morgan fingerprint density at radius 3 is 2.91 bits per heavy atom. The Morgan fingerprint density at radius 2 is 2.17 bits per heavy atom. The summed E-state index contributed by atoms with van der Waals surface area (Å²) < 4.78 is 0. The Hall–Kier alpha value is -1.14. The van der Waals surface area contributed by atoms with Crippen molar-refractivity contribution >= 4 is 22.4 Å². The lowest BCUT2D eigenvalue weighted by Gasteiger charge is -2.43. The van der Waals surface area contributed by atoms with Gasteiger partial charge in [0.1, 0.15) is 0 Å². The first-order valence-electron chi connectivity index (χ1n) is 8.86. The molecule has 0 aromatic carbocycles. The van der Waals surface area contributed by atoms with Gasteiger partial charge >= 0.3 is 0 Å². The highest BCUT2D eigenvalue weighted by atomic mass is 32.1. The van der Waals surface area contributed by atoms with Crippen LogP contribution in [0.2, 0.25) is 0 Å². The van der Waals surface area contributed by atoms with Crippen LogP contribution in [0.4, 0.5) is 5.13 Å². The Bertz CT molecular complexity index is 581. The van der Waals surface area contributed by atoms with Gasteiger partial charge in [-0.15, -0.1) is 11.3 Å². The van der Waals surface area contributed by atoms with Crippen molar-refractivity contribution in [1.82, 2.24) is 15.2 Å². The third-order valence-corrected chi connectivity index (χ3v) is 6.93. The van der Waals surface area contributed by atoms with Crippen LogP contribution >= 0.6 is 11.3 Å².